The van der Waals surface area contributed by atoms with E-state index < -0.39 is 5.60 Å². The summed E-state index contributed by atoms with van der Waals surface area (Å²) >= 11 is 0. The lowest BCUT2D eigenvalue weighted by molar-refractivity contribution is 0.0698. The molecule has 0 bridgehead atoms. The van der Waals surface area contributed by atoms with E-state index in [0.717, 1.165) is 35.4 Å². The van der Waals surface area contributed by atoms with Crippen LogP contribution in [0.5, 0.6) is 17.2 Å². The molecule has 1 N–H and O–H groups in total. The summed E-state index contributed by atoms with van der Waals surface area (Å²) in [5.74, 6) is 2.08. The fourth-order valence-electron chi connectivity index (χ4n) is 3.83. The van der Waals surface area contributed by atoms with Crippen molar-refractivity contribution < 1.29 is 14.6 Å². The molecule has 1 atom stereocenters. The van der Waals surface area contributed by atoms with Crippen molar-refractivity contribution in [3.8, 4) is 17.2 Å². The first kappa shape index (κ1) is 19.5. The van der Waals surface area contributed by atoms with Gasteiger partial charge in [0.1, 0.15) is 22.8 Å². The van der Waals surface area contributed by atoms with Gasteiger partial charge < -0.3 is 19.5 Å². The number of rotatable bonds is 7. The summed E-state index contributed by atoms with van der Waals surface area (Å²) in [7, 11) is 4.11. The Morgan fingerprint density at radius 3 is 2.41 bits per heavy atom. The molecule has 3 aromatic rings. The van der Waals surface area contributed by atoms with Gasteiger partial charge in [-0.25, -0.2) is 0 Å². The molecule has 0 radical (unpaired) electrons. The van der Waals surface area contributed by atoms with Gasteiger partial charge in [0.2, 0.25) is 0 Å². The highest BCUT2D eigenvalue weighted by Crippen LogP contribution is 2.49. The standard InChI is InChI=1S/C25H27NO3/c1-26(2)15-8-16-28-20-13-14-22-24(17-20)29-23-12-7-6-11-21(23)25(22,27)18-19-9-4-3-5-10-19/h3-7,9-14,17,27H,8,15-16,18H2,1-2H3. The van der Waals surface area contributed by atoms with Crippen LogP contribution in [0.15, 0.2) is 72.8 Å². The zero-order valence-corrected chi connectivity index (χ0v) is 17.0. The molecule has 0 saturated carbocycles. The number of hydrogen-bond acceptors (Lipinski definition) is 4. The average molecular weight is 389 g/mol. The lowest BCUT2D eigenvalue weighted by Crippen LogP contribution is -2.33. The second-order valence-corrected chi connectivity index (χ2v) is 7.78. The zero-order valence-electron chi connectivity index (χ0n) is 17.0. The number of aliphatic hydroxyl groups is 1. The molecule has 3 aromatic carbocycles. The summed E-state index contributed by atoms with van der Waals surface area (Å²) in [4.78, 5) is 2.14. The van der Waals surface area contributed by atoms with Crippen molar-refractivity contribution in [3.63, 3.8) is 0 Å². The third kappa shape index (κ3) is 4.14. The van der Waals surface area contributed by atoms with E-state index in [9.17, 15) is 5.11 Å². The molecule has 1 aliphatic heterocycles. The SMILES string of the molecule is CN(C)CCCOc1ccc2c(c1)Oc1ccccc1C2(O)Cc1ccccc1. The maximum atomic E-state index is 11.9. The number of fused-ring (bicyclic) bond motifs is 2. The number of hydrogen-bond donors (Lipinski definition) is 1. The highest BCUT2D eigenvalue weighted by atomic mass is 16.5. The van der Waals surface area contributed by atoms with Crippen LogP contribution < -0.4 is 9.47 Å². The molecule has 1 unspecified atom stereocenters. The van der Waals surface area contributed by atoms with Gasteiger partial charge in [0, 0.05) is 30.2 Å². The molecule has 0 saturated heterocycles. The van der Waals surface area contributed by atoms with E-state index in [2.05, 4.69) is 19.0 Å². The number of para-hydroxylation sites is 1. The molecule has 150 valence electrons. The molecule has 4 nitrogen and oxygen atoms in total. The van der Waals surface area contributed by atoms with E-state index in [0.29, 0.717) is 24.5 Å². The highest BCUT2D eigenvalue weighted by molar-refractivity contribution is 5.58. The minimum atomic E-state index is -1.16. The summed E-state index contributed by atoms with van der Waals surface area (Å²) in [6.07, 6.45) is 1.43. The van der Waals surface area contributed by atoms with E-state index in [-0.39, 0.29) is 0 Å². The Balaban J connectivity index is 1.65. The summed E-state index contributed by atoms with van der Waals surface area (Å²) in [5.41, 5.74) is 1.47. The quantitative estimate of drug-likeness (QED) is 0.600. The zero-order chi connectivity index (χ0) is 20.3. The fourth-order valence-corrected chi connectivity index (χ4v) is 3.83. The van der Waals surface area contributed by atoms with Crippen LogP contribution in [0.25, 0.3) is 0 Å². The molecule has 0 aromatic heterocycles. The number of ether oxygens (including phenoxy) is 2. The van der Waals surface area contributed by atoms with Gasteiger partial charge in [-0.05, 0) is 44.3 Å². The third-order valence-electron chi connectivity index (χ3n) is 5.27. The van der Waals surface area contributed by atoms with Gasteiger partial charge in [0.15, 0.2) is 0 Å². The van der Waals surface area contributed by atoms with Crippen LogP contribution in [0.2, 0.25) is 0 Å². The lowest BCUT2D eigenvalue weighted by Gasteiger charge is -2.36. The van der Waals surface area contributed by atoms with Gasteiger partial charge >= 0.3 is 0 Å². The first-order valence-electron chi connectivity index (χ1n) is 10.0. The first-order chi connectivity index (χ1) is 14.1. The molecular weight excluding hydrogens is 362 g/mol. The molecule has 1 aliphatic rings. The first-order valence-corrected chi connectivity index (χ1v) is 10.0. The van der Waals surface area contributed by atoms with E-state index in [1.807, 2.05) is 72.8 Å². The maximum absolute atomic E-state index is 11.9. The average Bonchev–Trinajstić information content (AvgIpc) is 2.72. The van der Waals surface area contributed by atoms with Crippen molar-refractivity contribution in [1.82, 2.24) is 4.90 Å². The lowest BCUT2D eigenvalue weighted by atomic mass is 9.79. The molecule has 4 heteroatoms. The minimum absolute atomic E-state index is 0.476. The van der Waals surface area contributed by atoms with Crippen molar-refractivity contribution in [3.05, 3.63) is 89.5 Å². The Labute approximate surface area is 172 Å². The van der Waals surface area contributed by atoms with Crippen LogP contribution in [-0.4, -0.2) is 37.3 Å². The van der Waals surface area contributed by atoms with Crippen LogP contribution in [0.3, 0.4) is 0 Å². The van der Waals surface area contributed by atoms with Gasteiger partial charge in [0.25, 0.3) is 0 Å². The topological polar surface area (TPSA) is 41.9 Å². The second-order valence-electron chi connectivity index (χ2n) is 7.78. The monoisotopic (exact) mass is 389 g/mol. The Morgan fingerprint density at radius 1 is 0.897 bits per heavy atom. The minimum Gasteiger partial charge on any atom is -0.493 e. The fraction of sp³-hybridized carbons (Fsp3) is 0.280. The van der Waals surface area contributed by atoms with Crippen molar-refractivity contribution in [2.45, 2.75) is 18.4 Å². The smallest absolute Gasteiger partial charge is 0.137 e. The van der Waals surface area contributed by atoms with Crippen molar-refractivity contribution in [1.29, 1.82) is 0 Å². The molecule has 0 amide bonds. The summed E-state index contributed by atoms with van der Waals surface area (Å²) in [6.45, 7) is 1.62. The van der Waals surface area contributed by atoms with E-state index in [1.54, 1.807) is 0 Å². The normalized spacial score (nSPS) is 17.4. The van der Waals surface area contributed by atoms with Crippen LogP contribution >= 0.6 is 0 Å². The maximum Gasteiger partial charge on any atom is 0.137 e. The highest BCUT2D eigenvalue weighted by Gasteiger charge is 2.40. The van der Waals surface area contributed by atoms with E-state index >= 15 is 0 Å². The van der Waals surface area contributed by atoms with Crippen molar-refractivity contribution >= 4 is 0 Å². The predicted molar refractivity (Wildman–Crippen MR) is 115 cm³/mol. The molecule has 1 heterocycles. The van der Waals surface area contributed by atoms with Gasteiger partial charge in [-0.1, -0.05) is 48.5 Å². The molecule has 0 fully saturated rings. The summed E-state index contributed by atoms with van der Waals surface area (Å²) in [6, 6.07) is 23.5. The molecular formula is C25H27NO3. The Kier molecular flexibility index (Phi) is 5.56. The van der Waals surface area contributed by atoms with Gasteiger partial charge in [-0.15, -0.1) is 0 Å². The molecule has 29 heavy (non-hydrogen) atoms. The van der Waals surface area contributed by atoms with E-state index in [4.69, 9.17) is 9.47 Å². The second kappa shape index (κ2) is 8.27. The Morgan fingerprint density at radius 2 is 1.62 bits per heavy atom. The summed E-state index contributed by atoms with van der Waals surface area (Å²) in [5, 5.41) is 11.9. The van der Waals surface area contributed by atoms with Gasteiger partial charge in [-0.3, -0.25) is 0 Å². The Hall–Kier alpha value is -2.82. The van der Waals surface area contributed by atoms with Crippen LogP contribution in [0.4, 0.5) is 0 Å². The van der Waals surface area contributed by atoms with Crippen molar-refractivity contribution in [2.24, 2.45) is 0 Å². The van der Waals surface area contributed by atoms with Gasteiger partial charge in [0.05, 0.1) is 6.61 Å². The summed E-state index contributed by atoms with van der Waals surface area (Å²) < 4.78 is 12.1. The van der Waals surface area contributed by atoms with E-state index in [1.165, 1.54) is 0 Å². The van der Waals surface area contributed by atoms with Crippen molar-refractivity contribution in [2.75, 3.05) is 27.2 Å². The Bertz CT molecular complexity index is 971. The number of nitrogens with zero attached hydrogens (tertiary/aromatic N) is 1. The number of benzene rings is 3. The molecule has 0 spiro atoms. The molecule has 4 rings (SSSR count). The largest absolute Gasteiger partial charge is 0.493 e. The predicted octanol–water partition coefficient (Wildman–Crippen LogP) is 4.60. The van der Waals surface area contributed by atoms with Crippen LogP contribution in [0.1, 0.15) is 23.1 Å². The van der Waals surface area contributed by atoms with Gasteiger partial charge in [-0.2, -0.15) is 0 Å². The molecule has 0 aliphatic carbocycles. The third-order valence-corrected chi connectivity index (χ3v) is 5.27. The van der Waals surface area contributed by atoms with Crippen LogP contribution in [0, 0.1) is 0 Å². The van der Waals surface area contributed by atoms with Crippen LogP contribution in [-0.2, 0) is 12.0 Å².